The summed E-state index contributed by atoms with van der Waals surface area (Å²) in [6.45, 7) is 1.55. The van der Waals surface area contributed by atoms with Crippen LogP contribution in [0.25, 0.3) is 11.3 Å². The smallest absolute Gasteiger partial charge is 0.350 e. The van der Waals surface area contributed by atoms with Gasteiger partial charge in [-0.05, 0) is 19.8 Å². The summed E-state index contributed by atoms with van der Waals surface area (Å²) in [5.74, 6) is -2.47. The van der Waals surface area contributed by atoms with Crippen molar-refractivity contribution in [2.24, 2.45) is 11.8 Å². The third kappa shape index (κ3) is 4.13. The number of benzene rings is 1. The van der Waals surface area contributed by atoms with Crippen LogP contribution in [0.2, 0.25) is 0 Å². The van der Waals surface area contributed by atoms with Crippen LogP contribution in [0.3, 0.4) is 0 Å². The SMILES string of the molecule is CCOC(=O)c1sc(NC(=O)CN2C(=O)C3CC=CCC3C2=O)nc1-c1ccccc1. The number of rotatable bonds is 6. The molecular formula is C22H21N3O5S. The van der Waals surface area contributed by atoms with Crippen molar-refractivity contribution in [2.75, 3.05) is 18.5 Å². The second-order valence-corrected chi connectivity index (χ2v) is 8.25. The van der Waals surface area contributed by atoms with Crippen molar-refractivity contribution >= 4 is 40.2 Å². The maximum absolute atomic E-state index is 12.6. The summed E-state index contributed by atoms with van der Waals surface area (Å²) in [5.41, 5.74) is 1.12. The molecule has 2 atom stereocenters. The van der Waals surface area contributed by atoms with E-state index in [0.29, 0.717) is 24.1 Å². The van der Waals surface area contributed by atoms with E-state index in [-0.39, 0.29) is 46.8 Å². The summed E-state index contributed by atoms with van der Waals surface area (Å²) < 4.78 is 5.11. The van der Waals surface area contributed by atoms with Gasteiger partial charge >= 0.3 is 5.97 Å². The van der Waals surface area contributed by atoms with Gasteiger partial charge in [-0.25, -0.2) is 9.78 Å². The number of allylic oxidation sites excluding steroid dienone is 2. The second kappa shape index (κ2) is 8.81. The van der Waals surface area contributed by atoms with Crippen LogP contribution >= 0.6 is 11.3 Å². The molecule has 0 spiro atoms. The van der Waals surface area contributed by atoms with Gasteiger partial charge in [-0.2, -0.15) is 0 Å². The highest BCUT2D eigenvalue weighted by Crippen LogP contribution is 2.35. The molecule has 160 valence electrons. The second-order valence-electron chi connectivity index (χ2n) is 7.25. The van der Waals surface area contributed by atoms with Crippen LogP contribution in [0.15, 0.2) is 42.5 Å². The molecule has 2 heterocycles. The van der Waals surface area contributed by atoms with Crippen molar-refractivity contribution in [3.63, 3.8) is 0 Å². The highest BCUT2D eigenvalue weighted by Gasteiger charge is 2.47. The Morgan fingerprint density at radius 1 is 1.13 bits per heavy atom. The van der Waals surface area contributed by atoms with Crippen molar-refractivity contribution in [1.29, 1.82) is 0 Å². The van der Waals surface area contributed by atoms with Crippen LogP contribution in [0, 0.1) is 11.8 Å². The van der Waals surface area contributed by atoms with Crippen molar-refractivity contribution < 1.29 is 23.9 Å². The number of nitrogens with zero attached hydrogens (tertiary/aromatic N) is 2. The first-order chi connectivity index (χ1) is 15.0. The molecule has 1 aromatic carbocycles. The van der Waals surface area contributed by atoms with Crippen LogP contribution in [0.1, 0.15) is 29.4 Å². The summed E-state index contributed by atoms with van der Waals surface area (Å²) in [7, 11) is 0. The van der Waals surface area contributed by atoms with Crippen LogP contribution in [-0.4, -0.2) is 46.7 Å². The normalized spacial score (nSPS) is 20.0. The van der Waals surface area contributed by atoms with Gasteiger partial charge in [0.2, 0.25) is 17.7 Å². The monoisotopic (exact) mass is 439 g/mol. The molecule has 1 aromatic heterocycles. The van der Waals surface area contributed by atoms with Gasteiger partial charge in [0.25, 0.3) is 0 Å². The molecule has 0 bridgehead atoms. The number of fused-ring (bicyclic) bond motifs is 1. The van der Waals surface area contributed by atoms with Crippen molar-refractivity contribution in [3.8, 4) is 11.3 Å². The Morgan fingerprint density at radius 3 is 2.39 bits per heavy atom. The van der Waals surface area contributed by atoms with Gasteiger partial charge in [-0.1, -0.05) is 53.8 Å². The lowest BCUT2D eigenvalue weighted by Gasteiger charge is -2.14. The van der Waals surface area contributed by atoms with Gasteiger partial charge in [0.05, 0.1) is 24.1 Å². The number of hydrogen-bond acceptors (Lipinski definition) is 7. The molecule has 3 amide bonds. The van der Waals surface area contributed by atoms with Gasteiger partial charge < -0.3 is 10.1 Å². The predicted octanol–water partition coefficient (Wildman–Crippen LogP) is 2.88. The number of carbonyl (C=O) groups excluding carboxylic acids is 4. The van der Waals surface area contributed by atoms with E-state index in [1.165, 1.54) is 0 Å². The van der Waals surface area contributed by atoms with Crippen LogP contribution in [-0.2, 0) is 19.1 Å². The lowest BCUT2D eigenvalue weighted by Crippen LogP contribution is -2.38. The standard InChI is InChI=1S/C22H21N3O5S/c1-2-30-21(29)18-17(13-8-4-3-5-9-13)24-22(31-18)23-16(26)12-25-19(27)14-10-6-7-11-15(14)20(25)28/h3-9,14-15H,2,10-12H2,1H3,(H,23,24,26). The fourth-order valence-electron chi connectivity index (χ4n) is 3.83. The fraction of sp³-hybridized carbons (Fsp3) is 0.318. The summed E-state index contributed by atoms with van der Waals surface area (Å²) in [6, 6.07) is 9.10. The van der Waals surface area contributed by atoms with E-state index in [1.807, 2.05) is 30.4 Å². The first kappa shape index (κ1) is 20.9. The van der Waals surface area contributed by atoms with Gasteiger partial charge in [0, 0.05) is 5.56 Å². The Balaban J connectivity index is 1.51. The molecule has 2 aromatic rings. The van der Waals surface area contributed by atoms with E-state index in [0.717, 1.165) is 16.2 Å². The zero-order chi connectivity index (χ0) is 22.0. The van der Waals surface area contributed by atoms with E-state index in [4.69, 9.17) is 4.74 Å². The maximum Gasteiger partial charge on any atom is 0.350 e. The van der Waals surface area contributed by atoms with Crippen molar-refractivity contribution in [2.45, 2.75) is 19.8 Å². The summed E-state index contributed by atoms with van der Waals surface area (Å²) in [5, 5.41) is 2.82. The quantitative estimate of drug-likeness (QED) is 0.422. The Labute approximate surface area is 182 Å². The van der Waals surface area contributed by atoms with Crippen LogP contribution in [0.4, 0.5) is 5.13 Å². The van der Waals surface area contributed by atoms with Gasteiger partial charge in [0.1, 0.15) is 11.4 Å². The molecule has 1 saturated heterocycles. The zero-order valence-corrected chi connectivity index (χ0v) is 17.7. The highest BCUT2D eigenvalue weighted by atomic mass is 32.1. The largest absolute Gasteiger partial charge is 0.462 e. The van der Waals surface area contributed by atoms with E-state index in [9.17, 15) is 19.2 Å². The van der Waals surface area contributed by atoms with Crippen molar-refractivity contribution in [3.05, 3.63) is 47.4 Å². The number of imide groups is 1. The summed E-state index contributed by atoms with van der Waals surface area (Å²) >= 11 is 0.994. The summed E-state index contributed by atoms with van der Waals surface area (Å²) in [6.07, 6.45) is 4.83. The maximum atomic E-state index is 12.6. The number of hydrogen-bond donors (Lipinski definition) is 1. The number of thiazole rings is 1. The zero-order valence-electron chi connectivity index (χ0n) is 16.9. The third-order valence-corrected chi connectivity index (χ3v) is 6.23. The molecule has 1 aliphatic heterocycles. The lowest BCUT2D eigenvalue weighted by molar-refractivity contribution is -0.142. The number of anilines is 1. The third-order valence-electron chi connectivity index (χ3n) is 5.28. The van der Waals surface area contributed by atoms with E-state index < -0.39 is 11.9 Å². The minimum atomic E-state index is -0.544. The van der Waals surface area contributed by atoms with E-state index in [1.54, 1.807) is 19.1 Å². The minimum Gasteiger partial charge on any atom is -0.462 e. The average molecular weight is 439 g/mol. The van der Waals surface area contributed by atoms with Gasteiger partial charge in [-0.3, -0.25) is 19.3 Å². The number of ether oxygens (including phenoxy) is 1. The first-order valence-electron chi connectivity index (χ1n) is 10.0. The molecule has 2 aliphatic rings. The number of nitrogens with one attached hydrogen (secondary N) is 1. The molecule has 31 heavy (non-hydrogen) atoms. The Kier molecular flexibility index (Phi) is 5.94. The Morgan fingerprint density at radius 2 is 1.77 bits per heavy atom. The molecule has 4 rings (SSSR count). The fourth-order valence-corrected chi connectivity index (χ4v) is 4.73. The average Bonchev–Trinajstić information content (AvgIpc) is 3.30. The molecule has 8 nitrogen and oxygen atoms in total. The van der Waals surface area contributed by atoms with E-state index in [2.05, 4.69) is 10.3 Å². The molecule has 0 saturated carbocycles. The predicted molar refractivity (Wildman–Crippen MR) is 114 cm³/mol. The number of likely N-dealkylation sites (tertiary alicyclic amines) is 1. The minimum absolute atomic E-state index is 0.199. The molecule has 1 fully saturated rings. The summed E-state index contributed by atoms with van der Waals surface area (Å²) in [4.78, 5) is 55.8. The molecular weight excluding hydrogens is 418 g/mol. The van der Waals surface area contributed by atoms with Gasteiger partial charge in [-0.15, -0.1) is 0 Å². The molecule has 0 radical (unpaired) electrons. The van der Waals surface area contributed by atoms with E-state index >= 15 is 0 Å². The molecule has 2 unspecified atom stereocenters. The number of esters is 1. The number of amides is 3. The first-order valence-corrected chi connectivity index (χ1v) is 10.8. The molecule has 1 aliphatic carbocycles. The van der Waals surface area contributed by atoms with Crippen LogP contribution < -0.4 is 5.32 Å². The molecule has 1 N–H and O–H groups in total. The lowest BCUT2D eigenvalue weighted by atomic mass is 9.85. The molecule has 9 heteroatoms. The van der Waals surface area contributed by atoms with Crippen LogP contribution in [0.5, 0.6) is 0 Å². The number of aromatic nitrogens is 1. The Bertz CT molecular complexity index is 1040. The Hall–Kier alpha value is -3.33. The van der Waals surface area contributed by atoms with Gasteiger partial charge in [0.15, 0.2) is 5.13 Å². The topological polar surface area (TPSA) is 106 Å². The van der Waals surface area contributed by atoms with Crippen molar-refractivity contribution in [1.82, 2.24) is 9.88 Å². The highest BCUT2D eigenvalue weighted by molar-refractivity contribution is 7.18. The number of carbonyl (C=O) groups is 4.